The van der Waals surface area contributed by atoms with Gasteiger partial charge in [-0.25, -0.2) is 4.79 Å². The van der Waals surface area contributed by atoms with E-state index in [0.29, 0.717) is 36.4 Å². The van der Waals surface area contributed by atoms with Crippen LogP contribution in [0.1, 0.15) is 6.42 Å². The van der Waals surface area contributed by atoms with E-state index in [-0.39, 0.29) is 24.4 Å². The van der Waals surface area contributed by atoms with E-state index < -0.39 is 5.76 Å². The molecule has 0 radical (unpaired) electrons. The Morgan fingerprint density at radius 3 is 3.05 bits per heavy atom. The van der Waals surface area contributed by atoms with Gasteiger partial charge in [-0.05, 0) is 18.2 Å². The third-order valence-electron chi connectivity index (χ3n) is 3.12. The summed E-state index contributed by atoms with van der Waals surface area (Å²) in [6, 6.07) is 5.00. The largest absolute Gasteiger partial charge is 0.417 e. The van der Waals surface area contributed by atoms with Crippen molar-refractivity contribution in [1.82, 2.24) is 10.3 Å². The number of halogens is 1. The lowest BCUT2D eigenvalue weighted by Crippen LogP contribution is -2.40. The number of fused-ring (bicyclic) bond motifs is 1. The van der Waals surface area contributed by atoms with Gasteiger partial charge in [0, 0.05) is 18.8 Å². The summed E-state index contributed by atoms with van der Waals surface area (Å²) in [4.78, 5) is 25.5. The maximum absolute atomic E-state index is 11.9. The van der Waals surface area contributed by atoms with Crippen molar-refractivity contribution in [3.05, 3.63) is 28.7 Å². The third kappa shape index (κ3) is 3.84. The van der Waals surface area contributed by atoms with Crippen LogP contribution < -0.4 is 16.4 Å². The van der Waals surface area contributed by atoms with Gasteiger partial charge in [0.25, 0.3) is 0 Å². The minimum absolute atomic E-state index is 0. The van der Waals surface area contributed by atoms with Crippen LogP contribution in [0.5, 0.6) is 0 Å². The van der Waals surface area contributed by atoms with Crippen LogP contribution >= 0.6 is 12.4 Å². The lowest BCUT2D eigenvalue weighted by Gasteiger charge is -2.23. The minimum atomic E-state index is -0.509. The number of hydrogen-bond donors (Lipinski definition) is 3. The molecule has 1 fully saturated rings. The van der Waals surface area contributed by atoms with E-state index in [0.717, 1.165) is 6.54 Å². The quantitative estimate of drug-likeness (QED) is 0.781. The number of nitrogens with one attached hydrogen (secondary N) is 3. The predicted molar refractivity (Wildman–Crippen MR) is 79.9 cm³/mol. The minimum Gasteiger partial charge on any atom is -0.408 e. The summed E-state index contributed by atoms with van der Waals surface area (Å²) in [7, 11) is 0. The Balaban J connectivity index is 0.00000161. The molecule has 21 heavy (non-hydrogen) atoms. The van der Waals surface area contributed by atoms with E-state index in [2.05, 4.69) is 15.6 Å². The summed E-state index contributed by atoms with van der Waals surface area (Å²) >= 11 is 0. The molecule has 1 unspecified atom stereocenters. The Labute approximate surface area is 126 Å². The second-order valence-electron chi connectivity index (χ2n) is 4.67. The smallest absolute Gasteiger partial charge is 0.408 e. The molecule has 0 saturated carbocycles. The fraction of sp³-hybridized carbons (Fsp3) is 0.385. The average Bonchev–Trinajstić information content (AvgIpc) is 2.79. The number of rotatable bonds is 3. The van der Waals surface area contributed by atoms with Gasteiger partial charge in [-0.15, -0.1) is 12.4 Å². The number of carbonyl (C=O) groups is 1. The molecule has 1 amide bonds. The highest BCUT2D eigenvalue weighted by Crippen LogP contribution is 2.16. The number of hydrogen-bond acceptors (Lipinski definition) is 5. The van der Waals surface area contributed by atoms with Gasteiger partial charge in [-0.3, -0.25) is 9.78 Å². The highest BCUT2D eigenvalue weighted by atomic mass is 35.5. The van der Waals surface area contributed by atoms with Gasteiger partial charge in [-0.1, -0.05) is 0 Å². The number of aromatic amines is 1. The molecule has 114 valence electrons. The van der Waals surface area contributed by atoms with E-state index in [1.165, 1.54) is 0 Å². The van der Waals surface area contributed by atoms with Crippen molar-refractivity contribution >= 4 is 35.1 Å². The molecular formula is C13H16ClN3O4. The molecule has 7 nitrogen and oxygen atoms in total. The van der Waals surface area contributed by atoms with Crippen LogP contribution in [-0.4, -0.2) is 36.7 Å². The normalized spacial score (nSPS) is 18.2. The number of carbonyl (C=O) groups excluding carboxylic acids is 1. The van der Waals surface area contributed by atoms with E-state index in [9.17, 15) is 9.59 Å². The Morgan fingerprint density at radius 1 is 1.43 bits per heavy atom. The fourth-order valence-electron chi connectivity index (χ4n) is 2.20. The molecule has 3 rings (SSSR count). The van der Waals surface area contributed by atoms with Crippen LogP contribution in [-0.2, 0) is 9.53 Å². The second kappa shape index (κ2) is 6.75. The first kappa shape index (κ1) is 15.6. The highest BCUT2D eigenvalue weighted by Gasteiger charge is 2.17. The summed E-state index contributed by atoms with van der Waals surface area (Å²) < 4.78 is 10.4. The molecule has 1 aliphatic rings. The standard InChI is InChI=1S/C13H15N3O4.ClH/c17-12(6-9-7-14-3-4-19-9)15-8-1-2-11-10(5-8)16-13(18)20-11;/h1-2,5,9,14H,3-4,6-7H2,(H,15,17)(H,16,18);1H. The van der Waals surface area contributed by atoms with Gasteiger partial charge in [0.2, 0.25) is 5.91 Å². The molecule has 3 N–H and O–H groups in total. The third-order valence-corrected chi connectivity index (χ3v) is 3.12. The summed E-state index contributed by atoms with van der Waals surface area (Å²) in [5.74, 6) is -0.631. The van der Waals surface area contributed by atoms with Gasteiger partial charge in [0.05, 0.1) is 24.6 Å². The zero-order valence-corrected chi connectivity index (χ0v) is 12.0. The lowest BCUT2D eigenvalue weighted by molar-refractivity contribution is -0.119. The molecule has 1 aromatic heterocycles. The van der Waals surface area contributed by atoms with E-state index >= 15 is 0 Å². The van der Waals surface area contributed by atoms with Gasteiger partial charge in [0.15, 0.2) is 5.58 Å². The molecule has 2 heterocycles. The summed E-state index contributed by atoms with van der Waals surface area (Å²) in [5, 5.41) is 5.95. The number of amides is 1. The number of oxazole rings is 1. The van der Waals surface area contributed by atoms with Crippen molar-refractivity contribution in [1.29, 1.82) is 0 Å². The number of H-pyrrole nitrogens is 1. The molecular weight excluding hydrogens is 298 g/mol. The maximum atomic E-state index is 11.9. The van der Waals surface area contributed by atoms with E-state index in [1.54, 1.807) is 18.2 Å². The van der Waals surface area contributed by atoms with Gasteiger partial charge < -0.3 is 19.8 Å². The topological polar surface area (TPSA) is 96.4 Å². The van der Waals surface area contributed by atoms with Gasteiger partial charge >= 0.3 is 5.76 Å². The second-order valence-corrected chi connectivity index (χ2v) is 4.67. The number of ether oxygens (including phenoxy) is 1. The summed E-state index contributed by atoms with van der Waals surface area (Å²) in [5.41, 5.74) is 1.64. The van der Waals surface area contributed by atoms with Crippen LogP contribution in [0.15, 0.2) is 27.4 Å². The maximum Gasteiger partial charge on any atom is 0.417 e. The molecule has 1 saturated heterocycles. The van der Waals surface area contributed by atoms with Crippen LogP contribution in [0.4, 0.5) is 5.69 Å². The van der Waals surface area contributed by atoms with Crippen molar-refractivity contribution in [2.24, 2.45) is 0 Å². The fourth-order valence-corrected chi connectivity index (χ4v) is 2.20. The zero-order valence-electron chi connectivity index (χ0n) is 11.2. The SMILES string of the molecule is Cl.O=C(CC1CNCCO1)Nc1ccc2oc(=O)[nH]c2c1. The van der Waals surface area contributed by atoms with Crippen LogP contribution in [0.2, 0.25) is 0 Å². The van der Waals surface area contributed by atoms with Crippen molar-refractivity contribution in [2.75, 3.05) is 25.0 Å². The summed E-state index contributed by atoms with van der Waals surface area (Å²) in [6.45, 7) is 2.13. The molecule has 2 aromatic rings. The number of morpholine rings is 1. The molecule has 0 aliphatic carbocycles. The van der Waals surface area contributed by atoms with E-state index in [1.807, 2.05) is 0 Å². The monoisotopic (exact) mass is 313 g/mol. The van der Waals surface area contributed by atoms with Crippen LogP contribution in [0.3, 0.4) is 0 Å². The molecule has 1 aliphatic heterocycles. The summed E-state index contributed by atoms with van der Waals surface area (Å²) in [6.07, 6.45) is 0.202. The Morgan fingerprint density at radius 2 is 2.29 bits per heavy atom. The molecule has 1 aromatic carbocycles. The average molecular weight is 314 g/mol. The highest BCUT2D eigenvalue weighted by molar-refractivity contribution is 5.93. The number of aromatic nitrogens is 1. The Hall–Kier alpha value is -1.83. The first-order valence-corrected chi connectivity index (χ1v) is 6.46. The van der Waals surface area contributed by atoms with Crippen LogP contribution in [0, 0.1) is 0 Å². The van der Waals surface area contributed by atoms with Crippen LogP contribution in [0.25, 0.3) is 11.1 Å². The van der Waals surface area contributed by atoms with Crippen molar-refractivity contribution < 1.29 is 13.9 Å². The number of anilines is 1. The van der Waals surface area contributed by atoms with Crippen molar-refractivity contribution in [3.8, 4) is 0 Å². The van der Waals surface area contributed by atoms with E-state index in [4.69, 9.17) is 9.15 Å². The zero-order chi connectivity index (χ0) is 13.9. The van der Waals surface area contributed by atoms with Gasteiger partial charge in [-0.2, -0.15) is 0 Å². The Kier molecular flexibility index (Phi) is 5.00. The molecule has 8 heteroatoms. The Bertz CT molecular complexity index is 675. The van der Waals surface area contributed by atoms with Gasteiger partial charge in [0.1, 0.15) is 0 Å². The molecule has 0 spiro atoms. The molecule has 0 bridgehead atoms. The van der Waals surface area contributed by atoms with Crippen molar-refractivity contribution in [3.63, 3.8) is 0 Å². The van der Waals surface area contributed by atoms with Crippen molar-refractivity contribution in [2.45, 2.75) is 12.5 Å². The first-order valence-electron chi connectivity index (χ1n) is 6.46. The predicted octanol–water partition coefficient (Wildman–Crippen LogP) is 0.860. The molecule has 1 atom stereocenters. The first-order chi connectivity index (χ1) is 9.70. The lowest BCUT2D eigenvalue weighted by atomic mass is 10.2. The number of benzene rings is 1.